The molecule has 136 valence electrons. The molecule has 1 aromatic carbocycles. The second-order valence-electron chi connectivity index (χ2n) is 6.19. The van der Waals surface area contributed by atoms with E-state index in [9.17, 15) is 16.8 Å². The molecule has 0 aliphatic carbocycles. The molecule has 1 aliphatic heterocycles. The van der Waals surface area contributed by atoms with Crippen molar-refractivity contribution in [3.8, 4) is 0 Å². The monoisotopic (exact) mass is 384 g/mol. The number of aromatic nitrogens is 3. The predicted octanol–water partition coefficient (Wildman–Crippen LogP) is 0.751. The van der Waals surface area contributed by atoms with Crippen molar-refractivity contribution < 1.29 is 16.8 Å². The van der Waals surface area contributed by atoms with Gasteiger partial charge in [0.15, 0.2) is 0 Å². The summed E-state index contributed by atoms with van der Waals surface area (Å²) in [6, 6.07) is 6.72. The molecule has 1 aromatic heterocycles. The average molecular weight is 384 g/mol. The number of nitrogens with zero attached hydrogens (tertiary/aromatic N) is 4. The van der Waals surface area contributed by atoms with E-state index in [1.807, 2.05) is 13.0 Å². The zero-order valence-corrected chi connectivity index (χ0v) is 15.7. The van der Waals surface area contributed by atoms with Gasteiger partial charge in [0.1, 0.15) is 6.33 Å². The highest BCUT2D eigenvalue weighted by molar-refractivity contribution is 7.92. The van der Waals surface area contributed by atoms with Crippen LogP contribution in [0.1, 0.15) is 18.4 Å². The van der Waals surface area contributed by atoms with Crippen LogP contribution in [0.5, 0.6) is 0 Å². The Hall–Kier alpha value is -1.78. The molecule has 8 nitrogen and oxygen atoms in total. The molecule has 10 heteroatoms. The van der Waals surface area contributed by atoms with Gasteiger partial charge < -0.3 is 4.57 Å². The quantitative estimate of drug-likeness (QED) is 0.771. The van der Waals surface area contributed by atoms with Gasteiger partial charge >= 0.3 is 0 Å². The molecular weight excluding hydrogens is 364 g/mol. The van der Waals surface area contributed by atoms with Crippen LogP contribution >= 0.6 is 0 Å². The molecule has 2 heterocycles. The first kappa shape index (κ1) is 18.0. The molecule has 3 rings (SSSR count). The smallest absolute Gasteiger partial charge is 0.249 e. The summed E-state index contributed by atoms with van der Waals surface area (Å²) in [5.41, 5.74) is 0.862. The van der Waals surface area contributed by atoms with Crippen LogP contribution in [-0.4, -0.2) is 54.2 Å². The van der Waals surface area contributed by atoms with Crippen LogP contribution in [0.2, 0.25) is 0 Å². The van der Waals surface area contributed by atoms with Crippen molar-refractivity contribution in [2.24, 2.45) is 7.05 Å². The Morgan fingerprint density at radius 2 is 1.80 bits per heavy atom. The van der Waals surface area contributed by atoms with Gasteiger partial charge in [0, 0.05) is 20.1 Å². The molecule has 1 saturated heterocycles. The van der Waals surface area contributed by atoms with Crippen molar-refractivity contribution in [2.75, 3.05) is 13.1 Å². The van der Waals surface area contributed by atoms with Crippen molar-refractivity contribution in [3.63, 3.8) is 0 Å². The maximum atomic E-state index is 12.7. The Bertz CT molecular complexity index is 974. The number of hydrogen-bond acceptors (Lipinski definition) is 6. The van der Waals surface area contributed by atoms with Crippen LogP contribution in [0, 0.1) is 6.92 Å². The fourth-order valence-corrected chi connectivity index (χ4v) is 6.30. The lowest BCUT2D eigenvalue weighted by atomic mass is 10.2. The molecular formula is C15H20N4O4S2. The summed E-state index contributed by atoms with van der Waals surface area (Å²) in [6.45, 7) is 2.16. The third kappa shape index (κ3) is 3.33. The van der Waals surface area contributed by atoms with Crippen LogP contribution in [0.15, 0.2) is 40.6 Å². The molecule has 0 amide bonds. The van der Waals surface area contributed by atoms with Gasteiger partial charge in [0.25, 0.3) is 0 Å². The third-order valence-electron chi connectivity index (χ3n) is 4.39. The van der Waals surface area contributed by atoms with Crippen molar-refractivity contribution in [2.45, 2.75) is 35.1 Å². The standard InChI is InChI=1S/C15H20N4O4S2/c1-12-4-3-5-14(10-12)25(22,23)19-8-6-13(7-9-19)24(20,21)15-17-16-11-18(15)2/h3-5,10-11,13H,6-9H2,1-2H3. The second-order valence-corrected chi connectivity index (χ2v) is 10.2. The fourth-order valence-electron chi connectivity index (χ4n) is 2.99. The molecule has 0 N–H and O–H groups in total. The van der Waals surface area contributed by atoms with E-state index in [0.717, 1.165) is 5.56 Å². The van der Waals surface area contributed by atoms with Gasteiger partial charge in [-0.1, -0.05) is 12.1 Å². The zero-order valence-electron chi connectivity index (χ0n) is 14.0. The molecule has 0 radical (unpaired) electrons. The molecule has 1 fully saturated rings. The van der Waals surface area contributed by atoms with Gasteiger partial charge in [-0.15, -0.1) is 10.2 Å². The largest absolute Gasteiger partial charge is 0.308 e. The van der Waals surface area contributed by atoms with E-state index in [1.54, 1.807) is 25.2 Å². The first-order chi connectivity index (χ1) is 11.7. The number of piperidine rings is 1. The van der Waals surface area contributed by atoms with Gasteiger partial charge in [0.05, 0.1) is 10.1 Å². The van der Waals surface area contributed by atoms with Crippen molar-refractivity contribution in [1.82, 2.24) is 19.1 Å². The molecule has 0 bridgehead atoms. The number of sulfone groups is 1. The number of rotatable bonds is 4. The Labute approximate surface area is 147 Å². The molecule has 0 saturated carbocycles. The lowest BCUT2D eigenvalue weighted by molar-refractivity contribution is 0.344. The van der Waals surface area contributed by atoms with Gasteiger partial charge in [-0.3, -0.25) is 0 Å². The molecule has 0 unspecified atom stereocenters. The third-order valence-corrected chi connectivity index (χ3v) is 8.51. The number of benzene rings is 1. The summed E-state index contributed by atoms with van der Waals surface area (Å²) in [4.78, 5) is 0.238. The van der Waals surface area contributed by atoms with Gasteiger partial charge in [-0.2, -0.15) is 4.31 Å². The Balaban J connectivity index is 1.77. The highest BCUT2D eigenvalue weighted by Gasteiger charge is 2.37. The van der Waals surface area contributed by atoms with Crippen LogP contribution in [0.3, 0.4) is 0 Å². The minimum Gasteiger partial charge on any atom is -0.308 e. The summed E-state index contributed by atoms with van der Waals surface area (Å²) in [7, 11) is -5.66. The number of sulfonamides is 1. The maximum Gasteiger partial charge on any atom is 0.249 e. The summed E-state index contributed by atoms with van der Waals surface area (Å²) < 4.78 is 53.5. The van der Waals surface area contributed by atoms with Crippen LogP contribution < -0.4 is 0 Å². The second kappa shape index (κ2) is 6.50. The normalized spacial score (nSPS) is 17.7. The summed E-state index contributed by atoms with van der Waals surface area (Å²) in [6.07, 6.45) is 1.81. The zero-order chi connectivity index (χ0) is 18.2. The molecule has 2 aromatic rings. The van der Waals surface area contributed by atoms with Gasteiger partial charge in [-0.25, -0.2) is 16.8 Å². The average Bonchev–Trinajstić information content (AvgIpc) is 3.02. The van der Waals surface area contributed by atoms with Crippen LogP contribution in [0.4, 0.5) is 0 Å². The van der Waals surface area contributed by atoms with Gasteiger partial charge in [0.2, 0.25) is 25.0 Å². The fraction of sp³-hybridized carbons (Fsp3) is 0.467. The van der Waals surface area contributed by atoms with Crippen molar-refractivity contribution in [3.05, 3.63) is 36.2 Å². The highest BCUT2D eigenvalue weighted by Crippen LogP contribution is 2.27. The maximum absolute atomic E-state index is 12.7. The first-order valence-electron chi connectivity index (χ1n) is 7.87. The van der Waals surface area contributed by atoms with E-state index >= 15 is 0 Å². The Kier molecular flexibility index (Phi) is 4.69. The minimum atomic E-state index is -3.62. The van der Waals surface area contributed by atoms with Crippen LogP contribution in [0.25, 0.3) is 0 Å². The van der Waals surface area contributed by atoms with E-state index in [2.05, 4.69) is 10.2 Å². The Morgan fingerprint density at radius 3 is 2.36 bits per heavy atom. The molecule has 1 aliphatic rings. The lowest BCUT2D eigenvalue weighted by Crippen LogP contribution is -2.42. The van der Waals surface area contributed by atoms with E-state index in [4.69, 9.17) is 0 Å². The summed E-state index contributed by atoms with van der Waals surface area (Å²) in [5, 5.41) is 6.56. The van der Waals surface area contributed by atoms with E-state index < -0.39 is 25.1 Å². The molecule has 25 heavy (non-hydrogen) atoms. The predicted molar refractivity (Wildman–Crippen MR) is 91.1 cm³/mol. The van der Waals surface area contributed by atoms with E-state index in [0.29, 0.717) is 0 Å². The topological polar surface area (TPSA) is 102 Å². The van der Waals surface area contributed by atoms with E-state index in [-0.39, 0.29) is 36.0 Å². The lowest BCUT2D eigenvalue weighted by Gasteiger charge is -2.30. The Morgan fingerprint density at radius 1 is 1.12 bits per heavy atom. The van der Waals surface area contributed by atoms with Gasteiger partial charge in [-0.05, 0) is 37.5 Å². The SMILES string of the molecule is Cc1cccc(S(=O)(=O)N2CCC(S(=O)(=O)c3nncn3C)CC2)c1. The molecule has 0 atom stereocenters. The minimum absolute atomic E-state index is 0.0764. The van der Waals surface area contributed by atoms with Crippen molar-refractivity contribution in [1.29, 1.82) is 0 Å². The summed E-state index contributed by atoms with van der Waals surface area (Å²) in [5.74, 6) is 0. The molecule has 0 spiro atoms. The highest BCUT2D eigenvalue weighted by atomic mass is 32.2. The van der Waals surface area contributed by atoms with Crippen molar-refractivity contribution >= 4 is 19.9 Å². The first-order valence-corrected chi connectivity index (χ1v) is 10.9. The summed E-state index contributed by atoms with van der Waals surface area (Å²) >= 11 is 0. The van der Waals surface area contributed by atoms with E-state index in [1.165, 1.54) is 15.2 Å². The number of aryl methyl sites for hydroxylation is 2. The van der Waals surface area contributed by atoms with Crippen LogP contribution in [-0.2, 0) is 26.9 Å². The number of hydrogen-bond donors (Lipinski definition) is 0.